The quantitative estimate of drug-likeness (QED) is 0.922. The Morgan fingerprint density at radius 2 is 2.43 bits per heavy atom. The SMILES string of the molecule is C[C@@H](Cc1ccsc1)N[C@H]1CCCN(c2cccnn2)C1. The molecule has 3 rings (SSSR count). The predicted molar refractivity (Wildman–Crippen MR) is 87.9 cm³/mol. The number of hydrogen-bond donors (Lipinski definition) is 1. The van der Waals surface area contributed by atoms with Crippen molar-refractivity contribution in [2.45, 2.75) is 38.3 Å². The van der Waals surface area contributed by atoms with Gasteiger partial charge in [-0.3, -0.25) is 0 Å². The van der Waals surface area contributed by atoms with Crippen molar-refractivity contribution in [2.24, 2.45) is 0 Å². The Kier molecular flexibility index (Phi) is 4.83. The first-order chi connectivity index (χ1) is 10.3. The first-order valence-corrected chi connectivity index (χ1v) is 8.55. The van der Waals surface area contributed by atoms with E-state index in [0.717, 1.165) is 25.3 Å². The summed E-state index contributed by atoms with van der Waals surface area (Å²) in [6.45, 7) is 4.38. The topological polar surface area (TPSA) is 41.0 Å². The Labute approximate surface area is 130 Å². The van der Waals surface area contributed by atoms with Gasteiger partial charge in [0.15, 0.2) is 5.82 Å². The van der Waals surface area contributed by atoms with Gasteiger partial charge in [-0.25, -0.2) is 0 Å². The van der Waals surface area contributed by atoms with Crippen LogP contribution in [0.15, 0.2) is 35.2 Å². The highest BCUT2D eigenvalue weighted by Crippen LogP contribution is 2.17. The van der Waals surface area contributed by atoms with Crippen molar-refractivity contribution in [3.05, 3.63) is 40.7 Å². The molecule has 0 radical (unpaired) electrons. The largest absolute Gasteiger partial charge is 0.354 e. The van der Waals surface area contributed by atoms with Crippen molar-refractivity contribution in [1.82, 2.24) is 15.5 Å². The maximum absolute atomic E-state index is 4.23. The molecule has 0 saturated carbocycles. The second kappa shape index (κ2) is 7.00. The summed E-state index contributed by atoms with van der Waals surface area (Å²) in [5, 5.41) is 16.4. The Balaban J connectivity index is 1.54. The molecule has 0 unspecified atom stereocenters. The maximum atomic E-state index is 4.23. The summed E-state index contributed by atoms with van der Waals surface area (Å²) >= 11 is 1.77. The van der Waals surface area contributed by atoms with E-state index in [9.17, 15) is 0 Å². The molecule has 0 spiro atoms. The molecule has 0 aromatic carbocycles. The molecule has 1 saturated heterocycles. The summed E-state index contributed by atoms with van der Waals surface area (Å²) in [5.41, 5.74) is 1.43. The molecule has 2 aromatic heterocycles. The van der Waals surface area contributed by atoms with E-state index in [1.165, 1.54) is 18.4 Å². The van der Waals surface area contributed by atoms with E-state index in [2.05, 4.69) is 44.2 Å². The standard InChI is InChI=1S/C16H22N4S/c1-13(10-14-6-9-21-12-14)18-15-4-3-8-20(11-15)16-5-2-7-17-19-16/h2,5-7,9,12-13,15,18H,3-4,8,10-11H2,1H3/t13-,15-/m0/s1. The van der Waals surface area contributed by atoms with Crippen LogP contribution in [0.5, 0.6) is 0 Å². The fourth-order valence-corrected chi connectivity index (χ4v) is 3.69. The summed E-state index contributed by atoms with van der Waals surface area (Å²) < 4.78 is 0. The summed E-state index contributed by atoms with van der Waals surface area (Å²) in [7, 11) is 0. The molecule has 21 heavy (non-hydrogen) atoms. The van der Waals surface area contributed by atoms with Gasteiger partial charge in [0.05, 0.1) is 0 Å². The van der Waals surface area contributed by atoms with Gasteiger partial charge in [0.25, 0.3) is 0 Å². The lowest BCUT2D eigenvalue weighted by Crippen LogP contribution is -2.49. The zero-order valence-electron chi connectivity index (χ0n) is 12.4. The zero-order chi connectivity index (χ0) is 14.5. The Morgan fingerprint density at radius 1 is 1.48 bits per heavy atom. The maximum Gasteiger partial charge on any atom is 0.151 e. The van der Waals surface area contributed by atoms with Gasteiger partial charge in [-0.15, -0.1) is 5.10 Å². The van der Waals surface area contributed by atoms with Gasteiger partial charge in [-0.2, -0.15) is 16.4 Å². The molecule has 0 amide bonds. The average Bonchev–Trinajstić information content (AvgIpc) is 3.01. The first-order valence-electron chi connectivity index (χ1n) is 7.61. The van der Waals surface area contributed by atoms with Crippen LogP contribution in [0.25, 0.3) is 0 Å². The van der Waals surface area contributed by atoms with Crippen LogP contribution >= 0.6 is 11.3 Å². The van der Waals surface area contributed by atoms with E-state index in [1.54, 1.807) is 17.5 Å². The molecule has 0 aliphatic carbocycles. The molecule has 4 nitrogen and oxygen atoms in total. The summed E-state index contributed by atoms with van der Waals surface area (Å²) in [6, 6.07) is 7.26. The number of nitrogens with zero attached hydrogens (tertiary/aromatic N) is 3. The monoisotopic (exact) mass is 302 g/mol. The highest BCUT2D eigenvalue weighted by Gasteiger charge is 2.22. The van der Waals surface area contributed by atoms with Crippen LogP contribution in [-0.4, -0.2) is 35.4 Å². The normalized spacial score (nSPS) is 20.4. The van der Waals surface area contributed by atoms with E-state index in [1.807, 2.05) is 12.1 Å². The number of hydrogen-bond acceptors (Lipinski definition) is 5. The second-order valence-electron chi connectivity index (χ2n) is 5.77. The van der Waals surface area contributed by atoms with E-state index in [0.29, 0.717) is 12.1 Å². The van der Waals surface area contributed by atoms with Crippen molar-refractivity contribution < 1.29 is 0 Å². The minimum atomic E-state index is 0.506. The zero-order valence-corrected chi connectivity index (χ0v) is 13.2. The highest BCUT2D eigenvalue weighted by molar-refractivity contribution is 7.07. The number of piperidine rings is 1. The fourth-order valence-electron chi connectivity index (χ4n) is 3.01. The minimum Gasteiger partial charge on any atom is -0.354 e. The van der Waals surface area contributed by atoms with E-state index in [-0.39, 0.29) is 0 Å². The van der Waals surface area contributed by atoms with Crippen molar-refractivity contribution in [3.63, 3.8) is 0 Å². The minimum absolute atomic E-state index is 0.506. The Morgan fingerprint density at radius 3 is 3.19 bits per heavy atom. The van der Waals surface area contributed by atoms with E-state index in [4.69, 9.17) is 0 Å². The second-order valence-corrected chi connectivity index (χ2v) is 6.55. The first kappa shape index (κ1) is 14.5. The van der Waals surface area contributed by atoms with Gasteiger partial charge in [0.2, 0.25) is 0 Å². The fraction of sp³-hybridized carbons (Fsp3) is 0.500. The third-order valence-corrected chi connectivity index (χ3v) is 4.68. The van der Waals surface area contributed by atoms with E-state index >= 15 is 0 Å². The average molecular weight is 302 g/mol. The summed E-state index contributed by atoms with van der Waals surface area (Å²) in [4.78, 5) is 2.34. The van der Waals surface area contributed by atoms with Crippen LogP contribution in [0, 0.1) is 0 Å². The molecule has 1 aliphatic heterocycles. The lowest BCUT2D eigenvalue weighted by atomic mass is 10.0. The lowest BCUT2D eigenvalue weighted by molar-refractivity contribution is 0.381. The summed E-state index contributed by atoms with van der Waals surface area (Å²) in [6.07, 6.45) is 5.28. The summed E-state index contributed by atoms with van der Waals surface area (Å²) in [5.74, 6) is 0.995. The van der Waals surface area contributed by atoms with Crippen LogP contribution < -0.4 is 10.2 Å². The molecule has 2 aromatic rings. The van der Waals surface area contributed by atoms with Crippen LogP contribution in [0.4, 0.5) is 5.82 Å². The molecule has 2 atom stereocenters. The third kappa shape index (κ3) is 4.02. The van der Waals surface area contributed by atoms with Gasteiger partial charge in [0, 0.05) is 31.4 Å². The van der Waals surface area contributed by atoms with Crippen LogP contribution in [0.1, 0.15) is 25.3 Å². The molecular formula is C16H22N4S. The van der Waals surface area contributed by atoms with Gasteiger partial charge in [-0.1, -0.05) is 0 Å². The molecule has 112 valence electrons. The molecular weight excluding hydrogens is 280 g/mol. The Hall–Kier alpha value is -1.46. The lowest BCUT2D eigenvalue weighted by Gasteiger charge is -2.35. The van der Waals surface area contributed by atoms with Crippen molar-refractivity contribution >= 4 is 17.2 Å². The van der Waals surface area contributed by atoms with Gasteiger partial charge >= 0.3 is 0 Å². The highest BCUT2D eigenvalue weighted by atomic mass is 32.1. The number of rotatable bonds is 5. The number of thiophene rings is 1. The molecule has 1 aliphatic rings. The number of nitrogens with one attached hydrogen (secondary N) is 1. The third-order valence-electron chi connectivity index (χ3n) is 3.95. The Bertz CT molecular complexity index is 528. The molecule has 0 bridgehead atoms. The van der Waals surface area contributed by atoms with Crippen LogP contribution in [-0.2, 0) is 6.42 Å². The van der Waals surface area contributed by atoms with Gasteiger partial charge < -0.3 is 10.2 Å². The van der Waals surface area contributed by atoms with Crippen molar-refractivity contribution in [2.75, 3.05) is 18.0 Å². The predicted octanol–water partition coefficient (Wildman–Crippen LogP) is 2.73. The molecule has 3 heterocycles. The van der Waals surface area contributed by atoms with Gasteiger partial charge in [0.1, 0.15) is 0 Å². The van der Waals surface area contributed by atoms with Crippen molar-refractivity contribution in [1.29, 1.82) is 0 Å². The number of aromatic nitrogens is 2. The molecule has 1 N–H and O–H groups in total. The van der Waals surface area contributed by atoms with Crippen LogP contribution in [0.3, 0.4) is 0 Å². The van der Waals surface area contributed by atoms with Gasteiger partial charge in [-0.05, 0) is 60.7 Å². The number of anilines is 1. The van der Waals surface area contributed by atoms with E-state index < -0.39 is 0 Å². The van der Waals surface area contributed by atoms with Crippen LogP contribution in [0.2, 0.25) is 0 Å². The molecule has 5 heteroatoms. The smallest absolute Gasteiger partial charge is 0.151 e. The van der Waals surface area contributed by atoms with Crippen molar-refractivity contribution in [3.8, 4) is 0 Å². The molecule has 1 fully saturated rings.